The minimum Gasteiger partial charge on any atom is -1.00 e. The average molecular weight is 207 g/mol. The second-order valence-electron chi connectivity index (χ2n) is 2.01. The Morgan fingerprint density at radius 2 is 2.09 bits per heavy atom. The van der Waals surface area contributed by atoms with Crippen molar-refractivity contribution in [3.63, 3.8) is 0 Å². The molecule has 0 aliphatic carbocycles. The Hall–Kier alpha value is 0.966. The second-order valence-corrected chi connectivity index (χ2v) is 3.73. The van der Waals surface area contributed by atoms with Crippen LogP contribution in [0.3, 0.4) is 0 Å². The summed E-state index contributed by atoms with van der Waals surface area (Å²) in [5.41, 5.74) is 1.14. The number of aromatic amines is 1. The summed E-state index contributed by atoms with van der Waals surface area (Å²) in [7, 11) is 0. The van der Waals surface area contributed by atoms with Gasteiger partial charge in [-0.3, -0.25) is 0 Å². The minimum absolute atomic E-state index is 0. The molecule has 0 saturated heterocycles. The fraction of sp³-hybridized carbons (Fsp3) is 0. The number of H-pyrrole nitrogens is 1. The van der Waals surface area contributed by atoms with Gasteiger partial charge in [-0.2, -0.15) is 0 Å². The molecule has 2 aromatic rings. The summed E-state index contributed by atoms with van der Waals surface area (Å²) in [6.45, 7) is 0. The van der Waals surface area contributed by atoms with Crippen LogP contribution in [-0.4, -0.2) is 4.98 Å². The number of fused-ring (bicyclic) bond motifs is 1. The maximum atomic E-state index is 4.98. The first kappa shape index (κ1) is 10.0. The van der Waals surface area contributed by atoms with E-state index in [9.17, 15) is 0 Å². The Balaban J connectivity index is 0.000000605. The van der Waals surface area contributed by atoms with Gasteiger partial charge in [-0.05, 0) is 24.4 Å². The van der Waals surface area contributed by atoms with E-state index in [-0.39, 0.29) is 52.8 Å². The predicted octanol–water partition coefficient (Wildman–Crippen LogP) is 0.0754. The molecule has 1 nitrogen and oxygen atoms in total. The molecule has 11 heavy (non-hydrogen) atoms. The Bertz CT molecular complexity index is 373. The molecular weight excluding hydrogens is 201 g/mol. The van der Waals surface area contributed by atoms with Crippen LogP contribution >= 0.6 is 23.6 Å². The molecule has 0 amide bonds. The zero-order valence-corrected chi connectivity index (χ0v) is 10.9. The average Bonchev–Trinajstić information content (AvgIpc) is 2.27. The number of hydrogen-bond donors (Lipinski definition) is 1. The number of thiazole rings is 1. The van der Waals surface area contributed by atoms with Gasteiger partial charge in [0.05, 0.1) is 10.2 Å². The van der Waals surface area contributed by atoms with Crippen molar-refractivity contribution < 1.29 is 52.8 Å². The maximum Gasteiger partial charge on any atom is 1.00 e. The molecule has 0 bridgehead atoms. The Kier molecular flexibility index (Phi) is 3.90. The van der Waals surface area contributed by atoms with Crippen LogP contribution in [0.25, 0.3) is 10.2 Å². The van der Waals surface area contributed by atoms with Crippen molar-refractivity contribution in [3.05, 3.63) is 28.2 Å². The Morgan fingerprint density at radius 3 is 2.82 bits per heavy atom. The first-order valence-corrected chi connectivity index (χ1v) is 4.16. The molecule has 0 spiro atoms. The van der Waals surface area contributed by atoms with Gasteiger partial charge >= 0.3 is 51.4 Å². The van der Waals surface area contributed by atoms with Crippen molar-refractivity contribution in [2.75, 3.05) is 0 Å². The van der Waals surface area contributed by atoms with Crippen LogP contribution in [0.4, 0.5) is 0 Å². The van der Waals surface area contributed by atoms with E-state index in [1.165, 1.54) is 4.70 Å². The molecule has 4 heteroatoms. The van der Waals surface area contributed by atoms with Crippen molar-refractivity contribution in [3.8, 4) is 0 Å². The summed E-state index contributed by atoms with van der Waals surface area (Å²) >= 11 is 6.59. The van der Waals surface area contributed by atoms with Crippen molar-refractivity contribution in [2.45, 2.75) is 0 Å². The standard InChI is InChI=1S/C7H5NS2.K.H/c9-7-8-5-3-1-2-4-6(5)10-7;;/h1-4H,(H,8,9);;/q;+1;-1. The Morgan fingerprint density at radius 1 is 1.36 bits per heavy atom. The van der Waals surface area contributed by atoms with E-state index in [1.54, 1.807) is 11.3 Å². The van der Waals surface area contributed by atoms with Gasteiger partial charge in [0.25, 0.3) is 0 Å². The number of benzene rings is 1. The minimum atomic E-state index is 0. The number of nitrogens with one attached hydrogen (secondary N) is 1. The predicted molar refractivity (Wildman–Crippen MR) is 48.1 cm³/mol. The third-order valence-corrected chi connectivity index (χ3v) is 2.54. The third kappa shape index (κ3) is 2.21. The second kappa shape index (κ2) is 4.27. The normalized spacial score (nSPS) is 9.45. The Labute approximate surface area is 118 Å². The van der Waals surface area contributed by atoms with Crippen molar-refractivity contribution in [1.82, 2.24) is 4.98 Å². The van der Waals surface area contributed by atoms with Crippen molar-refractivity contribution >= 4 is 33.8 Å². The van der Waals surface area contributed by atoms with Gasteiger partial charge in [0.15, 0.2) is 3.95 Å². The monoisotopic (exact) mass is 207 g/mol. The van der Waals surface area contributed by atoms with Crippen LogP contribution in [0.1, 0.15) is 1.43 Å². The molecule has 0 radical (unpaired) electrons. The molecule has 1 heterocycles. The van der Waals surface area contributed by atoms with Crippen LogP contribution in [0.5, 0.6) is 0 Å². The summed E-state index contributed by atoms with van der Waals surface area (Å²) < 4.78 is 2.08. The topological polar surface area (TPSA) is 15.8 Å². The molecular formula is C7H6KNS2. The number of rotatable bonds is 0. The van der Waals surface area contributed by atoms with Gasteiger partial charge in [0.2, 0.25) is 0 Å². The summed E-state index contributed by atoms with van der Waals surface area (Å²) in [5.74, 6) is 0. The fourth-order valence-electron chi connectivity index (χ4n) is 0.894. The molecule has 2 rings (SSSR count). The molecule has 0 unspecified atom stereocenters. The first-order chi connectivity index (χ1) is 4.86. The van der Waals surface area contributed by atoms with Crippen molar-refractivity contribution in [2.24, 2.45) is 0 Å². The fourth-order valence-corrected chi connectivity index (χ4v) is 2.01. The van der Waals surface area contributed by atoms with Gasteiger partial charge in [-0.25, -0.2) is 0 Å². The maximum absolute atomic E-state index is 4.98. The van der Waals surface area contributed by atoms with Crippen LogP contribution < -0.4 is 51.4 Å². The summed E-state index contributed by atoms with van der Waals surface area (Å²) in [6.07, 6.45) is 0. The molecule has 0 saturated carbocycles. The number of para-hydroxylation sites is 1. The zero-order chi connectivity index (χ0) is 6.97. The van der Waals surface area contributed by atoms with E-state index >= 15 is 0 Å². The van der Waals surface area contributed by atoms with E-state index < -0.39 is 0 Å². The van der Waals surface area contributed by atoms with E-state index in [4.69, 9.17) is 12.2 Å². The van der Waals surface area contributed by atoms with Crippen LogP contribution in [0.15, 0.2) is 24.3 Å². The van der Waals surface area contributed by atoms with E-state index in [0.29, 0.717) is 0 Å². The first-order valence-electron chi connectivity index (χ1n) is 2.94. The van der Waals surface area contributed by atoms with E-state index in [1.807, 2.05) is 18.2 Å². The molecule has 0 atom stereocenters. The molecule has 0 aliphatic heterocycles. The third-order valence-electron chi connectivity index (χ3n) is 1.33. The summed E-state index contributed by atoms with van der Waals surface area (Å²) in [5, 5.41) is 0. The summed E-state index contributed by atoms with van der Waals surface area (Å²) in [6, 6.07) is 8.11. The largest absolute Gasteiger partial charge is 1.00 e. The molecule has 1 N–H and O–H groups in total. The van der Waals surface area contributed by atoms with Gasteiger partial charge < -0.3 is 6.41 Å². The van der Waals surface area contributed by atoms with Gasteiger partial charge in [-0.15, -0.1) is 11.3 Å². The summed E-state index contributed by atoms with van der Waals surface area (Å²) in [4.78, 5) is 3.09. The van der Waals surface area contributed by atoms with Crippen molar-refractivity contribution in [1.29, 1.82) is 0 Å². The zero-order valence-electron chi connectivity index (χ0n) is 7.13. The smallest absolute Gasteiger partial charge is 1.00 e. The molecule has 52 valence electrons. The van der Waals surface area contributed by atoms with Crippen LogP contribution in [0.2, 0.25) is 0 Å². The van der Waals surface area contributed by atoms with Gasteiger partial charge in [0, 0.05) is 0 Å². The molecule has 0 aliphatic rings. The molecule has 0 fully saturated rings. The van der Waals surface area contributed by atoms with E-state index in [0.717, 1.165) is 9.47 Å². The van der Waals surface area contributed by atoms with Crippen LogP contribution in [-0.2, 0) is 0 Å². The van der Waals surface area contributed by atoms with E-state index in [2.05, 4.69) is 11.1 Å². The number of aromatic nitrogens is 1. The van der Waals surface area contributed by atoms with Gasteiger partial charge in [-0.1, -0.05) is 12.1 Å². The molecule has 1 aromatic carbocycles. The van der Waals surface area contributed by atoms with Crippen LogP contribution in [0, 0.1) is 3.95 Å². The SMILES string of the molecule is S=c1[nH]c2ccccc2s1.[H-].[K+]. The van der Waals surface area contributed by atoms with Gasteiger partial charge in [0.1, 0.15) is 0 Å². The molecule has 1 aromatic heterocycles. The number of hydrogen-bond acceptors (Lipinski definition) is 2. The quantitative estimate of drug-likeness (QED) is 0.478.